The highest BCUT2D eigenvalue weighted by atomic mass is 35.5. The topological polar surface area (TPSA) is 88.9 Å². The highest BCUT2D eigenvalue weighted by Gasteiger charge is 2.18. The lowest BCUT2D eigenvalue weighted by molar-refractivity contribution is -0.114. The van der Waals surface area contributed by atoms with Gasteiger partial charge in [-0.25, -0.2) is 4.68 Å². The van der Waals surface area contributed by atoms with Gasteiger partial charge in [0.05, 0.1) is 11.4 Å². The van der Waals surface area contributed by atoms with Gasteiger partial charge >= 0.3 is 0 Å². The van der Waals surface area contributed by atoms with E-state index in [1.54, 1.807) is 48.0 Å². The summed E-state index contributed by atoms with van der Waals surface area (Å²) in [6.45, 7) is 5.14. The van der Waals surface area contributed by atoms with Gasteiger partial charge < -0.3 is 10.6 Å². The van der Waals surface area contributed by atoms with Crippen LogP contribution in [0.5, 0.6) is 0 Å². The van der Waals surface area contributed by atoms with Crippen molar-refractivity contribution in [3.63, 3.8) is 0 Å². The molecule has 0 spiro atoms. The van der Waals surface area contributed by atoms with E-state index in [0.717, 1.165) is 11.3 Å². The standard InChI is InChI=1S/C19H18ClN5O2/c1-11-4-5-14(20)10-17(11)25-12(2)18(23-24-25)19(27)22-16-8-6-15(7-9-16)21-13(3)26/h4-10H,1-3H3,(H,21,26)(H,22,27). The Labute approximate surface area is 161 Å². The van der Waals surface area contributed by atoms with Gasteiger partial charge in [0.1, 0.15) is 0 Å². The largest absolute Gasteiger partial charge is 0.326 e. The van der Waals surface area contributed by atoms with Gasteiger partial charge in [-0.3, -0.25) is 9.59 Å². The fourth-order valence-electron chi connectivity index (χ4n) is 2.61. The number of nitrogens with one attached hydrogen (secondary N) is 2. The minimum Gasteiger partial charge on any atom is -0.326 e. The number of nitrogens with zero attached hydrogens (tertiary/aromatic N) is 3. The molecule has 1 aromatic heterocycles. The molecule has 3 aromatic rings. The second kappa shape index (κ2) is 7.59. The average Bonchev–Trinajstić information content (AvgIpc) is 3.00. The third kappa shape index (κ3) is 4.15. The van der Waals surface area contributed by atoms with Crippen LogP contribution in [-0.2, 0) is 4.79 Å². The number of carbonyl (C=O) groups excluding carboxylic acids is 2. The fourth-order valence-corrected chi connectivity index (χ4v) is 2.78. The third-order valence-corrected chi connectivity index (χ3v) is 4.21. The predicted octanol–water partition coefficient (Wildman–Crippen LogP) is 3.75. The van der Waals surface area contributed by atoms with E-state index in [9.17, 15) is 9.59 Å². The molecule has 0 atom stereocenters. The van der Waals surface area contributed by atoms with Gasteiger partial charge in [0.2, 0.25) is 5.91 Å². The van der Waals surface area contributed by atoms with Crippen LogP contribution in [0, 0.1) is 13.8 Å². The number of aromatic nitrogens is 3. The zero-order valence-corrected chi connectivity index (χ0v) is 15.8. The number of aryl methyl sites for hydroxylation is 1. The number of rotatable bonds is 4. The lowest BCUT2D eigenvalue weighted by Gasteiger charge is -2.08. The van der Waals surface area contributed by atoms with E-state index >= 15 is 0 Å². The second-order valence-corrected chi connectivity index (χ2v) is 6.52. The van der Waals surface area contributed by atoms with Crippen molar-refractivity contribution < 1.29 is 9.59 Å². The molecule has 0 aliphatic rings. The molecule has 0 fully saturated rings. The first kappa shape index (κ1) is 18.6. The number of hydrogen-bond donors (Lipinski definition) is 2. The summed E-state index contributed by atoms with van der Waals surface area (Å²) in [5.74, 6) is -0.527. The normalized spacial score (nSPS) is 10.5. The Bertz CT molecular complexity index is 1010. The molecule has 1 heterocycles. The first-order chi connectivity index (χ1) is 12.8. The highest BCUT2D eigenvalue weighted by Crippen LogP contribution is 2.21. The molecule has 2 aromatic carbocycles. The Morgan fingerprint density at radius 2 is 1.63 bits per heavy atom. The summed E-state index contributed by atoms with van der Waals surface area (Å²) in [6, 6.07) is 12.3. The molecule has 0 aliphatic heterocycles. The Kier molecular flexibility index (Phi) is 5.23. The molecule has 3 rings (SSSR count). The molecule has 0 saturated heterocycles. The molecular formula is C19H18ClN5O2. The van der Waals surface area contributed by atoms with Gasteiger partial charge in [0.15, 0.2) is 5.69 Å². The predicted molar refractivity (Wildman–Crippen MR) is 105 cm³/mol. The second-order valence-electron chi connectivity index (χ2n) is 6.08. The van der Waals surface area contributed by atoms with Crippen LogP contribution in [0.4, 0.5) is 11.4 Å². The van der Waals surface area contributed by atoms with E-state index in [2.05, 4.69) is 20.9 Å². The van der Waals surface area contributed by atoms with E-state index in [4.69, 9.17) is 11.6 Å². The average molecular weight is 384 g/mol. The summed E-state index contributed by atoms with van der Waals surface area (Å²) in [5, 5.41) is 14.1. The van der Waals surface area contributed by atoms with Crippen LogP contribution in [0.15, 0.2) is 42.5 Å². The maximum atomic E-state index is 12.6. The molecule has 7 nitrogen and oxygen atoms in total. The van der Waals surface area contributed by atoms with Crippen molar-refractivity contribution in [1.29, 1.82) is 0 Å². The molecule has 138 valence electrons. The van der Waals surface area contributed by atoms with Crippen LogP contribution in [0.3, 0.4) is 0 Å². The molecule has 0 bridgehead atoms. The number of benzene rings is 2. The SMILES string of the molecule is CC(=O)Nc1ccc(NC(=O)c2nnn(-c3cc(Cl)ccc3C)c2C)cc1. The van der Waals surface area contributed by atoms with E-state index in [1.165, 1.54) is 6.92 Å². The minimum atomic E-state index is -0.370. The van der Waals surface area contributed by atoms with Gasteiger partial charge in [-0.15, -0.1) is 5.10 Å². The molecule has 2 N–H and O–H groups in total. The number of amides is 2. The Morgan fingerprint density at radius 1 is 1.00 bits per heavy atom. The Morgan fingerprint density at radius 3 is 2.26 bits per heavy atom. The van der Waals surface area contributed by atoms with Gasteiger partial charge in [0.25, 0.3) is 5.91 Å². The maximum absolute atomic E-state index is 12.6. The summed E-state index contributed by atoms with van der Waals surface area (Å²) in [6.07, 6.45) is 0. The number of carbonyl (C=O) groups is 2. The van der Waals surface area contributed by atoms with E-state index in [0.29, 0.717) is 22.1 Å². The summed E-state index contributed by atoms with van der Waals surface area (Å²) in [5.41, 5.74) is 3.80. The van der Waals surface area contributed by atoms with Crippen LogP contribution in [0.1, 0.15) is 28.7 Å². The van der Waals surface area contributed by atoms with Gasteiger partial charge in [-0.1, -0.05) is 22.9 Å². The molecular weight excluding hydrogens is 366 g/mol. The monoisotopic (exact) mass is 383 g/mol. The van der Waals surface area contributed by atoms with Crippen molar-refractivity contribution in [3.05, 3.63) is 64.4 Å². The fraction of sp³-hybridized carbons (Fsp3) is 0.158. The molecule has 27 heavy (non-hydrogen) atoms. The third-order valence-electron chi connectivity index (χ3n) is 3.97. The smallest absolute Gasteiger partial charge is 0.278 e. The summed E-state index contributed by atoms with van der Waals surface area (Å²) in [4.78, 5) is 23.6. The zero-order chi connectivity index (χ0) is 19.6. The Balaban J connectivity index is 1.81. The van der Waals surface area contributed by atoms with Gasteiger partial charge in [-0.05, 0) is 55.8 Å². The molecule has 2 amide bonds. The van der Waals surface area contributed by atoms with Crippen LogP contribution in [0.25, 0.3) is 5.69 Å². The van der Waals surface area contributed by atoms with Crippen molar-refractivity contribution in [3.8, 4) is 5.69 Å². The lowest BCUT2D eigenvalue weighted by atomic mass is 10.2. The number of anilines is 2. The Hall–Kier alpha value is -3.19. The van der Waals surface area contributed by atoms with Crippen LogP contribution < -0.4 is 10.6 Å². The summed E-state index contributed by atoms with van der Waals surface area (Å²) < 4.78 is 1.59. The van der Waals surface area contributed by atoms with E-state index < -0.39 is 0 Å². The number of hydrogen-bond acceptors (Lipinski definition) is 4. The van der Waals surface area contributed by atoms with Crippen molar-refractivity contribution in [1.82, 2.24) is 15.0 Å². The zero-order valence-electron chi connectivity index (χ0n) is 15.1. The summed E-state index contributed by atoms with van der Waals surface area (Å²) >= 11 is 6.07. The maximum Gasteiger partial charge on any atom is 0.278 e. The van der Waals surface area contributed by atoms with Gasteiger partial charge in [0, 0.05) is 23.3 Å². The summed E-state index contributed by atoms with van der Waals surface area (Å²) in [7, 11) is 0. The molecule has 8 heteroatoms. The first-order valence-corrected chi connectivity index (χ1v) is 8.61. The molecule has 0 radical (unpaired) electrons. The van der Waals surface area contributed by atoms with Crippen LogP contribution in [0.2, 0.25) is 5.02 Å². The quantitative estimate of drug-likeness (QED) is 0.718. The number of halogens is 1. The van der Waals surface area contributed by atoms with Crippen molar-refractivity contribution in [2.24, 2.45) is 0 Å². The first-order valence-electron chi connectivity index (χ1n) is 8.23. The van der Waals surface area contributed by atoms with Crippen molar-refractivity contribution in [2.45, 2.75) is 20.8 Å². The van der Waals surface area contributed by atoms with Crippen molar-refractivity contribution in [2.75, 3.05) is 10.6 Å². The molecule has 0 aliphatic carbocycles. The van der Waals surface area contributed by atoms with E-state index in [1.807, 2.05) is 13.0 Å². The van der Waals surface area contributed by atoms with Crippen LogP contribution >= 0.6 is 11.6 Å². The molecule has 0 unspecified atom stereocenters. The lowest BCUT2D eigenvalue weighted by Crippen LogP contribution is -2.14. The van der Waals surface area contributed by atoms with Gasteiger partial charge in [-0.2, -0.15) is 0 Å². The highest BCUT2D eigenvalue weighted by molar-refractivity contribution is 6.30. The van der Waals surface area contributed by atoms with E-state index in [-0.39, 0.29) is 17.5 Å². The van der Waals surface area contributed by atoms with Crippen LogP contribution in [-0.4, -0.2) is 26.8 Å². The minimum absolute atomic E-state index is 0.157. The molecule has 0 saturated carbocycles. The van der Waals surface area contributed by atoms with Crippen molar-refractivity contribution >= 4 is 34.8 Å².